The molecule has 2 aromatic carbocycles. The third kappa shape index (κ3) is 5.05. The molecule has 4 rings (SSSR count). The Morgan fingerprint density at radius 3 is 2.72 bits per heavy atom. The van der Waals surface area contributed by atoms with Crippen molar-refractivity contribution >= 4 is 46.2 Å². The van der Waals surface area contributed by atoms with Crippen LogP contribution >= 0.6 is 24.0 Å². The van der Waals surface area contributed by atoms with E-state index in [9.17, 15) is 9.59 Å². The molecule has 9 heteroatoms. The molecular weight excluding hydrogens is 448 g/mol. The lowest BCUT2D eigenvalue weighted by Crippen LogP contribution is -2.37. The Morgan fingerprint density at radius 2 is 1.97 bits per heavy atom. The minimum Gasteiger partial charge on any atom is -0.491 e. The van der Waals surface area contributed by atoms with E-state index >= 15 is 0 Å². The Morgan fingerprint density at radius 1 is 1.22 bits per heavy atom. The van der Waals surface area contributed by atoms with Crippen LogP contribution in [0.3, 0.4) is 0 Å². The summed E-state index contributed by atoms with van der Waals surface area (Å²) in [5, 5.41) is 2.83. The van der Waals surface area contributed by atoms with E-state index in [4.69, 9.17) is 26.4 Å². The van der Waals surface area contributed by atoms with Crippen LogP contribution in [0.2, 0.25) is 0 Å². The fraction of sp³-hybridized carbons (Fsp3) is 0.261. The predicted octanol–water partition coefficient (Wildman–Crippen LogP) is 3.83. The van der Waals surface area contributed by atoms with Gasteiger partial charge in [-0.15, -0.1) is 0 Å². The van der Waals surface area contributed by atoms with E-state index in [1.54, 1.807) is 30.3 Å². The number of carbonyl (C=O) groups is 2. The van der Waals surface area contributed by atoms with Crippen molar-refractivity contribution in [3.05, 3.63) is 58.5 Å². The summed E-state index contributed by atoms with van der Waals surface area (Å²) in [6.45, 7) is 4.66. The number of nitrogens with one attached hydrogen (secondary N) is 1. The maximum Gasteiger partial charge on any atom is 0.266 e. The van der Waals surface area contributed by atoms with Crippen LogP contribution in [0.5, 0.6) is 17.2 Å². The molecule has 7 nitrogen and oxygen atoms in total. The Bertz CT molecular complexity index is 1080. The molecule has 2 aromatic rings. The molecule has 1 fully saturated rings. The van der Waals surface area contributed by atoms with Crippen molar-refractivity contribution in [2.45, 2.75) is 20.0 Å². The van der Waals surface area contributed by atoms with Gasteiger partial charge in [0.2, 0.25) is 6.79 Å². The highest BCUT2D eigenvalue weighted by molar-refractivity contribution is 8.26. The number of amides is 2. The molecule has 1 N–H and O–H groups in total. The van der Waals surface area contributed by atoms with E-state index in [2.05, 4.69) is 5.32 Å². The molecule has 0 atom stereocenters. The van der Waals surface area contributed by atoms with Crippen molar-refractivity contribution in [3.8, 4) is 17.2 Å². The Hall–Kier alpha value is -3.04. The lowest BCUT2D eigenvalue weighted by atomic mass is 10.2. The highest BCUT2D eigenvalue weighted by atomic mass is 32.2. The molecule has 0 spiro atoms. The SMILES string of the molecule is CC(C)Oc1ccc(C(=O)NCCN2C(=O)/C(=C/c3ccc4c(c3)OCO4)SC2=S)cc1. The van der Waals surface area contributed by atoms with Crippen molar-refractivity contribution in [1.29, 1.82) is 0 Å². The Labute approximate surface area is 195 Å². The molecule has 0 saturated carbocycles. The first-order valence-electron chi connectivity index (χ1n) is 10.1. The fourth-order valence-electron chi connectivity index (χ4n) is 3.19. The second kappa shape index (κ2) is 9.62. The zero-order valence-electron chi connectivity index (χ0n) is 17.6. The molecule has 1 saturated heterocycles. The van der Waals surface area contributed by atoms with Crippen molar-refractivity contribution in [3.63, 3.8) is 0 Å². The van der Waals surface area contributed by atoms with Crippen LogP contribution in [0.25, 0.3) is 6.08 Å². The van der Waals surface area contributed by atoms with Crippen LogP contribution in [0.1, 0.15) is 29.8 Å². The molecule has 0 unspecified atom stereocenters. The quantitative estimate of drug-likeness (QED) is 0.487. The molecule has 2 amide bonds. The van der Waals surface area contributed by atoms with Gasteiger partial charge >= 0.3 is 0 Å². The van der Waals surface area contributed by atoms with E-state index in [-0.39, 0.29) is 31.3 Å². The van der Waals surface area contributed by atoms with Crippen LogP contribution in [0.15, 0.2) is 47.4 Å². The first kappa shape index (κ1) is 22.2. The Kier molecular flexibility index (Phi) is 6.66. The minimum atomic E-state index is -0.220. The second-order valence-electron chi connectivity index (χ2n) is 7.39. The van der Waals surface area contributed by atoms with E-state index < -0.39 is 0 Å². The standard InChI is InChI=1S/C23H22N2O5S2/c1-14(2)30-17-6-4-16(5-7-17)21(26)24-9-10-25-22(27)20(32-23(25)31)12-15-3-8-18-19(11-15)29-13-28-18/h3-8,11-12,14H,9-10,13H2,1-2H3,(H,24,26)/b20-12-. The normalized spacial score (nSPS) is 16.2. The van der Waals surface area contributed by atoms with Crippen molar-refractivity contribution in [2.24, 2.45) is 0 Å². The van der Waals surface area contributed by atoms with Gasteiger partial charge in [0.15, 0.2) is 11.5 Å². The van der Waals surface area contributed by atoms with E-state index in [1.165, 1.54) is 16.7 Å². The summed E-state index contributed by atoms with van der Waals surface area (Å²) in [6, 6.07) is 12.4. The van der Waals surface area contributed by atoms with Gasteiger partial charge in [0.1, 0.15) is 10.1 Å². The van der Waals surface area contributed by atoms with E-state index in [0.717, 1.165) is 5.56 Å². The van der Waals surface area contributed by atoms with Gasteiger partial charge in [0, 0.05) is 18.7 Å². The van der Waals surface area contributed by atoms with Gasteiger partial charge in [-0.25, -0.2) is 0 Å². The maximum absolute atomic E-state index is 12.8. The number of benzene rings is 2. The third-order valence-electron chi connectivity index (χ3n) is 4.68. The van der Waals surface area contributed by atoms with Gasteiger partial charge in [-0.05, 0) is 61.9 Å². The smallest absolute Gasteiger partial charge is 0.266 e. The van der Waals surface area contributed by atoms with Gasteiger partial charge in [0.25, 0.3) is 11.8 Å². The van der Waals surface area contributed by atoms with Crippen LogP contribution in [-0.4, -0.2) is 47.0 Å². The van der Waals surface area contributed by atoms with Gasteiger partial charge < -0.3 is 19.5 Å². The summed E-state index contributed by atoms with van der Waals surface area (Å²) in [7, 11) is 0. The van der Waals surface area contributed by atoms with Crippen LogP contribution in [-0.2, 0) is 4.79 Å². The third-order valence-corrected chi connectivity index (χ3v) is 6.06. The highest BCUT2D eigenvalue weighted by Gasteiger charge is 2.31. The molecule has 32 heavy (non-hydrogen) atoms. The number of rotatable bonds is 7. The molecule has 2 aliphatic heterocycles. The predicted molar refractivity (Wildman–Crippen MR) is 127 cm³/mol. The fourth-order valence-corrected chi connectivity index (χ4v) is 4.50. The zero-order chi connectivity index (χ0) is 22.7. The number of thiocarbonyl (C=S) groups is 1. The monoisotopic (exact) mass is 470 g/mol. The average molecular weight is 471 g/mol. The summed E-state index contributed by atoms with van der Waals surface area (Å²) >= 11 is 6.61. The molecule has 2 aliphatic rings. The second-order valence-corrected chi connectivity index (χ2v) is 9.07. The first-order chi connectivity index (χ1) is 15.4. The summed E-state index contributed by atoms with van der Waals surface area (Å²) in [5.41, 5.74) is 1.35. The largest absolute Gasteiger partial charge is 0.491 e. The van der Waals surface area contributed by atoms with Crippen LogP contribution < -0.4 is 19.5 Å². The highest BCUT2D eigenvalue weighted by Crippen LogP contribution is 2.36. The number of hydrogen-bond acceptors (Lipinski definition) is 7. The number of fused-ring (bicyclic) bond motifs is 1. The van der Waals surface area contributed by atoms with Crippen molar-refractivity contribution in [1.82, 2.24) is 10.2 Å². The summed E-state index contributed by atoms with van der Waals surface area (Å²) in [4.78, 5) is 27.2. The summed E-state index contributed by atoms with van der Waals surface area (Å²) < 4.78 is 16.7. The molecule has 0 aromatic heterocycles. The number of ether oxygens (including phenoxy) is 3. The van der Waals surface area contributed by atoms with Gasteiger partial charge in [-0.2, -0.15) is 0 Å². The van der Waals surface area contributed by atoms with Gasteiger partial charge in [0.05, 0.1) is 11.0 Å². The van der Waals surface area contributed by atoms with Crippen LogP contribution in [0, 0.1) is 0 Å². The van der Waals surface area contributed by atoms with Crippen molar-refractivity contribution < 1.29 is 23.8 Å². The van der Waals surface area contributed by atoms with E-state index in [1.807, 2.05) is 32.0 Å². The number of hydrogen-bond donors (Lipinski definition) is 1. The number of carbonyl (C=O) groups excluding carboxylic acids is 2. The van der Waals surface area contributed by atoms with E-state index in [0.29, 0.717) is 38.6 Å². The van der Waals surface area contributed by atoms with Crippen molar-refractivity contribution in [2.75, 3.05) is 19.9 Å². The lowest BCUT2D eigenvalue weighted by molar-refractivity contribution is -0.122. The zero-order valence-corrected chi connectivity index (χ0v) is 19.3. The number of nitrogens with zero attached hydrogens (tertiary/aromatic N) is 1. The Balaban J connectivity index is 1.32. The molecule has 2 heterocycles. The molecule has 166 valence electrons. The van der Waals surface area contributed by atoms with Gasteiger partial charge in [-0.1, -0.05) is 30.0 Å². The number of thioether (sulfide) groups is 1. The first-order valence-corrected chi connectivity index (χ1v) is 11.3. The lowest BCUT2D eigenvalue weighted by Gasteiger charge is -2.15. The van der Waals surface area contributed by atoms with Gasteiger partial charge in [-0.3, -0.25) is 14.5 Å². The summed E-state index contributed by atoms with van der Waals surface area (Å²) in [5.74, 6) is 1.65. The molecule has 0 aliphatic carbocycles. The molecule has 0 bridgehead atoms. The molecular formula is C23H22N2O5S2. The minimum absolute atomic E-state index is 0.0679. The topological polar surface area (TPSA) is 77.1 Å². The maximum atomic E-state index is 12.8. The average Bonchev–Trinajstić information content (AvgIpc) is 3.33. The van der Waals surface area contributed by atoms with Crippen LogP contribution in [0.4, 0.5) is 0 Å². The molecule has 0 radical (unpaired) electrons. The summed E-state index contributed by atoms with van der Waals surface area (Å²) in [6.07, 6.45) is 1.85.